The Morgan fingerprint density at radius 2 is 2.15 bits per heavy atom. The van der Waals surface area contributed by atoms with Gasteiger partial charge in [0.2, 0.25) is 0 Å². The molecule has 72 valence electrons. The monoisotopic (exact) mass is 192 g/mol. The second-order valence-corrected chi connectivity index (χ2v) is 2.20. The first kappa shape index (κ1) is 9.79. The first-order valence-corrected chi connectivity index (χ1v) is 3.42. The molecule has 1 aromatic rings. The molecule has 1 rings (SSSR count). The van der Waals surface area contributed by atoms with Crippen LogP contribution in [-0.4, -0.2) is 11.3 Å². The van der Waals surface area contributed by atoms with E-state index in [2.05, 4.69) is 9.72 Å². The normalized spacial score (nSPS) is 11.4. The highest BCUT2D eigenvalue weighted by molar-refractivity contribution is 5.26. The highest BCUT2D eigenvalue weighted by Crippen LogP contribution is 2.24. The molecule has 0 unspecified atom stereocenters. The Hall–Kier alpha value is -1.30. The molecule has 3 nitrogen and oxygen atoms in total. The van der Waals surface area contributed by atoms with E-state index in [0.717, 1.165) is 0 Å². The summed E-state index contributed by atoms with van der Waals surface area (Å²) < 4.78 is 39.0. The minimum absolute atomic E-state index is 0.0832. The zero-order valence-electron chi connectivity index (χ0n) is 6.51. The van der Waals surface area contributed by atoms with Crippen LogP contribution in [0.3, 0.4) is 0 Å². The number of rotatable bonds is 2. The largest absolute Gasteiger partial charge is 0.573 e. The van der Waals surface area contributed by atoms with Crippen LogP contribution in [0, 0.1) is 0 Å². The van der Waals surface area contributed by atoms with Crippen molar-refractivity contribution in [3.63, 3.8) is 0 Å². The maximum atomic E-state index is 11.8. The lowest BCUT2D eigenvalue weighted by molar-refractivity contribution is -0.275. The highest BCUT2D eigenvalue weighted by Gasteiger charge is 2.32. The average molecular weight is 192 g/mol. The van der Waals surface area contributed by atoms with Crippen molar-refractivity contribution in [1.82, 2.24) is 4.98 Å². The van der Waals surface area contributed by atoms with Crippen LogP contribution in [0.2, 0.25) is 0 Å². The SMILES string of the molecule is NCc1ncccc1OC(F)(F)F. The summed E-state index contributed by atoms with van der Waals surface area (Å²) in [6.07, 6.45) is -3.35. The van der Waals surface area contributed by atoms with E-state index in [1.807, 2.05) is 0 Å². The molecule has 0 aliphatic rings. The number of hydrogen-bond acceptors (Lipinski definition) is 3. The van der Waals surface area contributed by atoms with Crippen LogP contribution in [0.1, 0.15) is 5.69 Å². The summed E-state index contributed by atoms with van der Waals surface area (Å²) >= 11 is 0. The van der Waals surface area contributed by atoms with E-state index in [9.17, 15) is 13.2 Å². The fraction of sp³-hybridized carbons (Fsp3) is 0.286. The Bertz CT molecular complexity index is 287. The van der Waals surface area contributed by atoms with Crippen LogP contribution in [0.15, 0.2) is 18.3 Å². The molecule has 0 spiro atoms. The molecule has 0 aliphatic carbocycles. The van der Waals surface area contributed by atoms with Gasteiger partial charge in [-0.05, 0) is 12.1 Å². The molecule has 2 N–H and O–H groups in total. The molecular formula is C7H7F3N2O. The Balaban J connectivity index is 2.87. The number of alkyl halides is 3. The summed E-state index contributed by atoms with van der Waals surface area (Å²) in [6.45, 7) is -0.0910. The summed E-state index contributed by atoms with van der Waals surface area (Å²) in [5.74, 6) is -0.350. The topological polar surface area (TPSA) is 48.1 Å². The molecule has 0 saturated heterocycles. The number of ether oxygens (including phenoxy) is 1. The van der Waals surface area contributed by atoms with Gasteiger partial charge >= 0.3 is 6.36 Å². The summed E-state index contributed by atoms with van der Waals surface area (Å²) in [5.41, 5.74) is 5.24. The molecule has 0 amide bonds. The zero-order valence-corrected chi connectivity index (χ0v) is 6.51. The smallest absolute Gasteiger partial charge is 0.404 e. The van der Waals surface area contributed by atoms with Crippen LogP contribution >= 0.6 is 0 Å². The van der Waals surface area contributed by atoms with Crippen molar-refractivity contribution < 1.29 is 17.9 Å². The van der Waals surface area contributed by atoms with Crippen molar-refractivity contribution in [1.29, 1.82) is 0 Å². The molecule has 0 saturated carbocycles. The third-order valence-electron chi connectivity index (χ3n) is 1.27. The number of pyridine rings is 1. The molecule has 0 aliphatic heterocycles. The van der Waals surface area contributed by atoms with E-state index in [1.54, 1.807) is 0 Å². The number of nitrogens with two attached hydrogens (primary N) is 1. The summed E-state index contributed by atoms with van der Waals surface area (Å²) in [5, 5.41) is 0. The van der Waals surface area contributed by atoms with Crippen molar-refractivity contribution in [3.05, 3.63) is 24.0 Å². The molecule has 0 fully saturated rings. The van der Waals surface area contributed by atoms with E-state index in [-0.39, 0.29) is 18.0 Å². The van der Waals surface area contributed by atoms with Crippen LogP contribution in [0.25, 0.3) is 0 Å². The van der Waals surface area contributed by atoms with Crippen LogP contribution in [0.5, 0.6) is 5.75 Å². The first-order chi connectivity index (χ1) is 6.03. The van der Waals surface area contributed by atoms with Crippen molar-refractivity contribution in [3.8, 4) is 5.75 Å². The maximum absolute atomic E-state index is 11.8. The Morgan fingerprint density at radius 3 is 2.69 bits per heavy atom. The minimum Gasteiger partial charge on any atom is -0.404 e. The van der Waals surface area contributed by atoms with Gasteiger partial charge in [-0.3, -0.25) is 4.98 Å². The van der Waals surface area contributed by atoms with Crippen molar-refractivity contribution >= 4 is 0 Å². The predicted octanol–water partition coefficient (Wildman–Crippen LogP) is 1.44. The van der Waals surface area contributed by atoms with Crippen LogP contribution in [0.4, 0.5) is 13.2 Å². The second kappa shape index (κ2) is 3.61. The lowest BCUT2D eigenvalue weighted by Gasteiger charge is -2.10. The van der Waals surface area contributed by atoms with Crippen molar-refractivity contribution in [2.45, 2.75) is 12.9 Å². The number of halogens is 3. The Labute approximate surface area is 72.3 Å². The third-order valence-corrected chi connectivity index (χ3v) is 1.27. The lowest BCUT2D eigenvalue weighted by Crippen LogP contribution is -2.19. The molecule has 1 aromatic heterocycles. The molecular weight excluding hydrogens is 185 g/mol. The van der Waals surface area contributed by atoms with Gasteiger partial charge in [0.1, 0.15) is 0 Å². The summed E-state index contributed by atoms with van der Waals surface area (Å²) in [7, 11) is 0. The van der Waals surface area contributed by atoms with E-state index in [0.29, 0.717) is 0 Å². The standard InChI is InChI=1S/C7H7F3N2O/c8-7(9,10)13-6-2-1-3-12-5(6)4-11/h1-3H,4,11H2. The van der Waals surface area contributed by atoms with E-state index >= 15 is 0 Å². The second-order valence-electron chi connectivity index (χ2n) is 2.20. The summed E-state index contributed by atoms with van der Waals surface area (Å²) in [4.78, 5) is 3.63. The van der Waals surface area contributed by atoms with Crippen LogP contribution < -0.4 is 10.5 Å². The molecule has 0 bridgehead atoms. The lowest BCUT2D eigenvalue weighted by atomic mass is 10.3. The Morgan fingerprint density at radius 1 is 1.46 bits per heavy atom. The maximum Gasteiger partial charge on any atom is 0.573 e. The highest BCUT2D eigenvalue weighted by atomic mass is 19.4. The van der Waals surface area contributed by atoms with Gasteiger partial charge in [-0.15, -0.1) is 13.2 Å². The average Bonchev–Trinajstić information content (AvgIpc) is 2.02. The van der Waals surface area contributed by atoms with Gasteiger partial charge in [-0.1, -0.05) is 0 Å². The van der Waals surface area contributed by atoms with Gasteiger partial charge < -0.3 is 10.5 Å². The zero-order chi connectivity index (χ0) is 9.90. The van der Waals surface area contributed by atoms with Gasteiger partial charge in [-0.25, -0.2) is 0 Å². The van der Waals surface area contributed by atoms with Gasteiger partial charge in [-0.2, -0.15) is 0 Å². The quantitative estimate of drug-likeness (QED) is 0.771. The summed E-state index contributed by atoms with van der Waals surface area (Å²) in [6, 6.07) is 2.52. The van der Waals surface area contributed by atoms with Gasteiger partial charge in [0, 0.05) is 12.7 Å². The molecule has 0 atom stereocenters. The molecule has 13 heavy (non-hydrogen) atoms. The number of aromatic nitrogens is 1. The predicted molar refractivity (Wildman–Crippen MR) is 38.8 cm³/mol. The molecule has 0 radical (unpaired) electrons. The Kier molecular flexibility index (Phi) is 2.72. The minimum atomic E-state index is -4.70. The fourth-order valence-corrected chi connectivity index (χ4v) is 0.794. The number of hydrogen-bond donors (Lipinski definition) is 1. The first-order valence-electron chi connectivity index (χ1n) is 3.42. The van der Waals surface area contributed by atoms with E-state index in [4.69, 9.17) is 5.73 Å². The van der Waals surface area contributed by atoms with Gasteiger partial charge in [0.15, 0.2) is 5.75 Å². The molecule has 6 heteroatoms. The van der Waals surface area contributed by atoms with E-state index < -0.39 is 6.36 Å². The molecule has 0 aromatic carbocycles. The number of nitrogens with zero attached hydrogens (tertiary/aromatic N) is 1. The fourth-order valence-electron chi connectivity index (χ4n) is 0.794. The van der Waals surface area contributed by atoms with Crippen molar-refractivity contribution in [2.24, 2.45) is 5.73 Å². The van der Waals surface area contributed by atoms with Crippen LogP contribution in [-0.2, 0) is 6.54 Å². The molecule has 1 heterocycles. The van der Waals surface area contributed by atoms with Gasteiger partial charge in [0.05, 0.1) is 5.69 Å². The third kappa shape index (κ3) is 2.90. The van der Waals surface area contributed by atoms with E-state index in [1.165, 1.54) is 18.3 Å². The van der Waals surface area contributed by atoms with Crippen molar-refractivity contribution in [2.75, 3.05) is 0 Å². The van der Waals surface area contributed by atoms with Gasteiger partial charge in [0.25, 0.3) is 0 Å².